The quantitative estimate of drug-likeness (QED) is 0.662. The molecule has 0 amide bonds. The summed E-state index contributed by atoms with van der Waals surface area (Å²) >= 11 is 5.82. The molecule has 0 heterocycles. The van der Waals surface area contributed by atoms with Gasteiger partial charge in [-0.1, -0.05) is 25.4 Å². The average Bonchev–Trinajstić information content (AvgIpc) is 2.20. The zero-order chi connectivity index (χ0) is 13.0. The standard InChI is InChI=1S/C13H18ClNO2/c1-8(2)6-9(3)17-13(16)11-7-10(14)4-5-12(11)15/h4-5,7-9H,6,15H2,1-3H3. The van der Waals surface area contributed by atoms with Crippen LogP contribution in [0, 0.1) is 5.92 Å². The molecular weight excluding hydrogens is 238 g/mol. The van der Waals surface area contributed by atoms with E-state index in [0.29, 0.717) is 22.2 Å². The summed E-state index contributed by atoms with van der Waals surface area (Å²) in [6.07, 6.45) is 0.701. The number of hydrogen-bond donors (Lipinski definition) is 1. The summed E-state index contributed by atoms with van der Waals surface area (Å²) in [5.41, 5.74) is 6.42. The number of anilines is 1. The van der Waals surface area contributed by atoms with Gasteiger partial charge in [0.25, 0.3) is 0 Å². The van der Waals surface area contributed by atoms with Crippen LogP contribution in [0.5, 0.6) is 0 Å². The van der Waals surface area contributed by atoms with Gasteiger partial charge in [0.05, 0.1) is 11.7 Å². The molecule has 0 aliphatic heterocycles. The molecule has 3 nitrogen and oxygen atoms in total. The van der Waals surface area contributed by atoms with Crippen LogP contribution in [-0.2, 0) is 4.74 Å². The van der Waals surface area contributed by atoms with Gasteiger partial charge in [-0.3, -0.25) is 0 Å². The Labute approximate surface area is 107 Å². The van der Waals surface area contributed by atoms with Crippen LogP contribution in [0.1, 0.15) is 37.6 Å². The van der Waals surface area contributed by atoms with Crippen LogP contribution in [0.25, 0.3) is 0 Å². The third kappa shape index (κ3) is 4.27. The van der Waals surface area contributed by atoms with E-state index in [-0.39, 0.29) is 6.10 Å². The van der Waals surface area contributed by atoms with Crippen molar-refractivity contribution in [2.75, 3.05) is 5.73 Å². The van der Waals surface area contributed by atoms with Gasteiger partial charge in [-0.25, -0.2) is 4.79 Å². The smallest absolute Gasteiger partial charge is 0.340 e. The van der Waals surface area contributed by atoms with E-state index >= 15 is 0 Å². The lowest BCUT2D eigenvalue weighted by Gasteiger charge is -2.15. The van der Waals surface area contributed by atoms with Crippen molar-refractivity contribution in [3.63, 3.8) is 0 Å². The number of esters is 1. The van der Waals surface area contributed by atoms with E-state index in [4.69, 9.17) is 22.1 Å². The molecule has 2 N–H and O–H groups in total. The Balaban J connectivity index is 2.73. The van der Waals surface area contributed by atoms with Crippen molar-refractivity contribution < 1.29 is 9.53 Å². The highest BCUT2D eigenvalue weighted by Crippen LogP contribution is 2.20. The normalized spacial score (nSPS) is 12.5. The summed E-state index contributed by atoms with van der Waals surface area (Å²) in [5, 5.41) is 0.475. The molecule has 1 aromatic carbocycles. The molecule has 94 valence electrons. The molecule has 4 heteroatoms. The Hall–Kier alpha value is -1.22. The first kappa shape index (κ1) is 13.8. The van der Waals surface area contributed by atoms with Gasteiger partial charge < -0.3 is 10.5 Å². The van der Waals surface area contributed by atoms with Crippen molar-refractivity contribution in [1.29, 1.82) is 0 Å². The topological polar surface area (TPSA) is 52.3 Å². The lowest BCUT2D eigenvalue weighted by atomic mass is 10.1. The largest absolute Gasteiger partial charge is 0.459 e. The van der Waals surface area contributed by atoms with Crippen molar-refractivity contribution >= 4 is 23.3 Å². The Morgan fingerprint density at radius 3 is 2.65 bits per heavy atom. The first-order valence-electron chi connectivity index (χ1n) is 5.66. The second-order valence-electron chi connectivity index (χ2n) is 4.58. The lowest BCUT2D eigenvalue weighted by molar-refractivity contribution is 0.0301. The Morgan fingerprint density at radius 2 is 2.06 bits per heavy atom. The third-order valence-electron chi connectivity index (χ3n) is 2.35. The minimum Gasteiger partial charge on any atom is -0.459 e. The van der Waals surface area contributed by atoms with Crippen molar-refractivity contribution in [3.05, 3.63) is 28.8 Å². The van der Waals surface area contributed by atoms with Crippen LogP contribution in [0.3, 0.4) is 0 Å². The number of carbonyl (C=O) groups is 1. The molecule has 0 saturated heterocycles. The molecule has 17 heavy (non-hydrogen) atoms. The van der Waals surface area contributed by atoms with Gasteiger partial charge in [0, 0.05) is 10.7 Å². The Morgan fingerprint density at radius 1 is 1.41 bits per heavy atom. The van der Waals surface area contributed by atoms with Gasteiger partial charge in [0.2, 0.25) is 0 Å². The predicted molar refractivity (Wildman–Crippen MR) is 70.2 cm³/mol. The van der Waals surface area contributed by atoms with E-state index < -0.39 is 5.97 Å². The van der Waals surface area contributed by atoms with E-state index in [2.05, 4.69) is 13.8 Å². The number of benzene rings is 1. The first-order chi connectivity index (χ1) is 7.90. The molecule has 0 spiro atoms. The molecule has 1 rings (SSSR count). The molecule has 1 atom stereocenters. The number of halogens is 1. The van der Waals surface area contributed by atoms with Crippen molar-refractivity contribution in [2.45, 2.75) is 33.3 Å². The molecule has 0 aromatic heterocycles. The highest BCUT2D eigenvalue weighted by molar-refractivity contribution is 6.31. The fourth-order valence-corrected chi connectivity index (χ4v) is 1.84. The fraction of sp³-hybridized carbons (Fsp3) is 0.462. The maximum Gasteiger partial charge on any atom is 0.340 e. The molecule has 0 aliphatic rings. The summed E-state index contributed by atoms with van der Waals surface area (Å²) in [4.78, 5) is 11.8. The highest BCUT2D eigenvalue weighted by atomic mass is 35.5. The van der Waals surface area contributed by atoms with E-state index in [9.17, 15) is 4.79 Å². The summed E-state index contributed by atoms with van der Waals surface area (Å²) in [5.74, 6) is 0.0626. The van der Waals surface area contributed by atoms with Crippen LogP contribution in [0.2, 0.25) is 5.02 Å². The molecule has 0 fully saturated rings. The summed E-state index contributed by atoms with van der Waals surface area (Å²) in [6, 6.07) is 4.78. The molecule has 0 bridgehead atoms. The van der Waals surface area contributed by atoms with Crippen LogP contribution in [-0.4, -0.2) is 12.1 Å². The lowest BCUT2D eigenvalue weighted by Crippen LogP contribution is -2.18. The number of rotatable bonds is 4. The fourth-order valence-electron chi connectivity index (χ4n) is 1.66. The maximum absolute atomic E-state index is 11.8. The van der Waals surface area contributed by atoms with Gasteiger partial charge in [-0.2, -0.15) is 0 Å². The van der Waals surface area contributed by atoms with Crippen molar-refractivity contribution in [2.24, 2.45) is 5.92 Å². The predicted octanol–water partition coefficient (Wildman–Crippen LogP) is 3.51. The second-order valence-corrected chi connectivity index (χ2v) is 5.01. The molecule has 1 unspecified atom stereocenters. The van der Waals surface area contributed by atoms with Gasteiger partial charge in [0.1, 0.15) is 0 Å². The van der Waals surface area contributed by atoms with Crippen LogP contribution >= 0.6 is 11.6 Å². The Kier molecular flexibility index (Phi) is 4.82. The number of ether oxygens (including phenoxy) is 1. The van der Waals surface area contributed by atoms with Gasteiger partial charge in [-0.05, 0) is 37.5 Å². The van der Waals surface area contributed by atoms with Gasteiger partial charge in [0.15, 0.2) is 0 Å². The third-order valence-corrected chi connectivity index (χ3v) is 2.58. The van der Waals surface area contributed by atoms with E-state index in [1.54, 1.807) is 12.1 Å². The summed E-state index contributed by atoms with van der Waals surface area (Å²) in [7, 11) is 0. The molecular formula is C13H18ClNO2. The number of nitrogen functional groups attached to an aromatic ring is 1. The minimum absolute atomic E-state index is 0.124. The maximum atomic E-state index is 11.8. The molecule has 1 aromatic rings. The number of carbonyl (C=O) groups excluding carboxylic acids is 1. The van der Waals surface area contributed by atoms with Crippen LogP contribution < -0.4 is 5.73 Å². The van der Waals surface area contributed by atoms with E-state index in [0.717, 1.165) is 6.42 Å². The highest BCUT2D eigenvalue weighted by Gasteiger charge is 2.16. The monoisotopic (exact) mass is 255 g/mol. The first-order valence-corrected chi connectivity index (χ1v) is 6.04. The molecule has 0 radical (unpaired) electrons. The van der Waals surface area contributed by atoms with Gasteiger partial charge >= 0.3 is 5.97 Å². The van der Waals surface area contributed by atoms with Crippen LogP contribution in [0.15, 0.2) is 18.2 Å². The zero-order valence-corrected chi connectivity index (χ0v) is 11.1. The average molecular weight is 256 g/mol. The number of hydrogen-bond acceptors (Lipinski definition) is 3. The number of nitrogens with two attached hydrogens (primary N) is 1. The van der Waals surface area contributed by atoms with Gasteiger partial charge in [-0.15, -0.1) is 0 Å². The van der Waals surface area contributed by atoms with Crippen molar-refractivity contribution in [1.82, 2.24) is 0 Å². The van der Waals surface area contributed by atoms with E-state index in [1.807, 2.05) is 6.92 Å². The Bertz CT molecular complexity index is 404. The SMILES string of the molecule is CC(C)CC(C)OC(=O)c1cc(Cl)ccc1N. The van der Waals surface area contributed by atoms with E-state index in [1.165, 1.54) is 6.07 Å². The van der Waals surface area contributed by atoms with Crippen molar-refractivity contribution in [3.8, 4) is 0 Å². The summed E-state index contributed by atoms with van der Waals surface area (Å²) in [6.45, 7) is 6.04. The summed E-state index contributed by atoms with van der Waals surface area (Å²) < 4.78 is 5.31. The molecule has 0 saturated carbocycles. The second kappa shape index (κ2) is 5.92. The van der Waals surface area contributed by atoms with Crippen LogP contribution in [0.4, 0.5) is 5.69 Å². The molecule has 0 aliphatic carbocycles. The zero-order valence-electron chi connectivity index (χ0n) is 10.4. The minimum atomic E-state index is -0.418.